The first-order chi connectivity index (χ1) is 11.9. The lowest BCUT2D eigenvalue weighted by atomic mass is 9.82. The van der Waals surface area contributed by atoms with E-state index < -0.39 is 40.3 Å². The zero-order chi connectivity index (χ0) is 20.2. The molecule has 0 unspecified atom stereocenters. The van der Waals surface area contributed by atoms with E-state index in [1.54, 1.807) is 13.8 Å². The summed E-state index contributed by atoms with van der Waals surface area (Å²) in [4.78, 5) is 58.8. The maximum absolute atomic E-state index is 12.7. The SMILES string of the molecule is CC(=O)Oc1cc(C(C)(C)C(C)=O)cc(OC(C)=O)c(=O)c1OC(C)=O. The summed E-state index contributed by atoms with van der Waals surface area (Å²) in [7, 11) is 0. The fourth-order valence-electron chi connectivity index (χ4n) is 1.94. The van der Waals surface area contributed by atoms with Gasteiger partial charge in [0.05, 0.1) is 0 Å². The molecule has 1 aromatic carbocycles. The maximum Gasteiger partial charge on any atom is 0.308 e. The summed E-state index contributed by atoms with van der Waals surface area (Å²) in [6.45, 7) is 7.73. The Bertz CT molecular complexity index is 836. The van der Waals surface area contributed by atoms with Crippen molar-refractivity contribution in [3.8, 4) is 17.2 Å². The third-order valence-electron chi connectivity index (χ3n) is 3.58. The predicted octanol–water partition coefficient (Wildman–Crippen LogP) is 1.69. The second-order valence-corrected chi connectivity index (χ2v) is 6.09. The minimum absolute atomic E-state index is 0.230. The first kappa shape index (κ1) is 21.0. The van der Waals surface area contributed by atoms with Crippen molar-refractivity contribution in [1.82, 2.24) is 0 Å². The van der Waals surface area contributed by atoms with Gasteiger partial charge in [-0.15, -0.1) is 0 Å². The minimum Gasteiger partial charge on any atom is -0.423 e. The predicted molar refractivity (Wildman–Crippen MR) is 90.3 cm³/mol. The van der Waals surface area contributed by atoms with Gasteiger partial charge in [-0.1, -0.05) is 0 Å². The highest BCUT2D eigenvalue weighted by Gasteiger charge is 2.29. The first-order valence-corrected chi connectivity index (χ1v) is 7.65. The number of hydrogen-bond acceptors (Lipinski definition) is 8. The lowest BCUT2D eigenvalue weighted by Gasteiger charge is -2.21. The molecule has 8 nitrogen and oxygen atoms in total. The molecule has 0 saturated carbocycles. The van der Waals surface area contributed by atoms with Crippen LogP contribution in [-0.2, 0) is 24.6 Å². The molecule has 0 aromatic heterocycles. The Morgan fingerprint density at radius 1 is 0.769 bits per heavy atom. The van der Waals surface area contributed by atoms with Crippen molar-refractivity contribution in [2.75, 3.05) is 0 Å². The Morgan fingerprint density at radius 3 is 1.62 bits per heavy atom. The van der Waals surface area contributed by atoms with Crippen LogP contribution in [0.5, 0.6) is 17.2 Å². The normalized spacial score (nSPS) is 10.7. The zero-order valence-corrected chi connectivity index (χ0v) is 15.4. The van der Waals surface area contributed by atoms with Gasteiger partial charge in [-0.25, -0.2) is 0 Å². The first-order valence-electron chi connectivity index (χ1n) is 7.65. The summed E-state index contributed by atoms with van der Waals surface area (Å²) < 4.78 is 14.8. The molecule has 0 radical (unpaired) electrons. The average molecular weight is 364 g/mol. The van der Waals surface area contributed by atoms with Crippen LogP contribution in [-0.4, -0.2) is 23.7 Å². The van der Waals surface area contributed by atoms with Gasteiger partial charge in [0.25, 0.3) is 5.43 Å². The molecule has 1 aromatic rings. The number of carbonyl (C=O) groups is 4. The molecule has 1 rings (SSSR count). The third kappa shape index (κ3) is 4.98. The van der Waals surface area contributed by atoms with E-state index in [0.29, 0.717) is 0 Å². The van der Waals surface area contributed by atoms with Crippen LogP contribution < -0.4 is 19.6 Å². The molecule has 0 aliphatic rings. The minimum atomic E-state index is -1.11. The van der Waals surface area contributed by atoms with Gasteiger partial charge >= 0.3 is 17.9 Å². The topological polar surface area (TPSA) is 113 Å². The van der Waals surface area contributed by atoms with Crippen LogP contribution in [0, 0.1) is 0 Å². The van der Waals surface area contributed by atoms with E-state index in [1.807, 2.05) is 0 Å². The van der Waals surface area contributed by atoms with Crippen LogP contribution in [0.3, 0.4) is 0 Å². The standard InChI is InChI=1S/C18H20O8/c1-9(19)18(5,6)13-7-14(24-10(2)20)16(23)17(26-12(4)22)15(8-13)25-11(3)21/h7-8H,1-6H3. The van der Waals surface area contributed by atoms with E-state index in [9.17, 15) is 24.0 Å². The smallest absolute Gasteiger partial charge is 0.308 e. The number of hydrogen-bond donors (Lipinski definition) is 0. The molecule has 0 heterocycles. The van der Waals surface area contributed by atoms with E-state index in [1.165, 1.54) is 19.1 Å². The van der Waals surface area contributed by atoms with Crippen LogP contribution in [0.2, 0.25) is 0 Å². The largest absolute Gasteiger partial charge is 0.423 e. The fraction of sp³-hybridized carbons (Fsp3) is 0.389. The Kier molecular flexibility index (Phi) is 6.39. The van der Waals surface area contributed by atoms with E-state index in [2.05, 4.69) is 0 Å². The number of carbonyl (C=O) groups excluding carboxylic acids is 4. The molecule has 0 amide bonds. The summed E-state index contributed by atoms with van der Waals surface area (Å²) >= 11 is 0. The summed E-state index contributed by atoms with van der Waals surface area (Å²) in [5.41, 5.74) is -1.85. The van der Waals surface area contributed by atoms with Gasteiger partial charge in [-0.05, 0) is 38.5 Å². The molecule has 0 N–H and O–H groups in total. The van der Waals surface area contributed by atoms with Gasteiger partial charge < -0.3 is 14.2 Å². The highest BCUT2D eigenvalue weighted by atomic mass is 16.6. The fourth-order valence-corrected chi connectivity index (χ4v) is 1.94. The Balaban J connectivity index is 3.96. The molecule has 0 atom stereocenters. The maximum atomic E-state index is 12.7. The van der Waals surface area contributed by atoms with Crippen molar-refractivity contribution < 1.29 is 33.4 Å². The number of esters is 3. The van der Waals surface area contributed by atoms with Gasteiger partial charge in [0.2, 0.25) is 5.75 Å². The summed E-state index contributed by atoms with van der Waals surface area (Å²) in [5.74, 6) is -4.10. The van der Waals surface area contributed by atoms with Crippen molar-refractivity contribution in [2.45, 2.75) is 47.0 Å². The molecule has 0 saturated heterocycles. The quantitative estimate of drug-likeness (QED) is 0.725. The molecule has 0 fully saturated rings. The van der Waals surface area contributed by atoms with Crippen molar-refractivity contribution in [1.29, 1.82) is 0 Å². The van der Waals surface area contributed by atoms with Crippen LogP contribution in [0.15, 0.2) is 16.9 Å². The van der Waals surface area contributed by atoms with Crippen LogP contribution in [0.25, 0.3) is 0 Å². The molecular formula is C18H20O8. The van der Waals surface area contributed by atoms with Gasteiger partial charge in [-0.3, -0.25) is 24.0 Å². The molecule has 8 heteroatoms. The van der Waals surface area contributed by atoms with Gasteiger partial charge in [0.1, 0.15) is 5.78 Å². The Labute approximate surface area is 150 Å². The van der Waals surface area contributed by atoms with E-state index in [-0.39, 0.29) is 17.1 Å². The van der Waals surface area contributed by atoms with Crippen LogP contribution in [0.4, 0.5) is 0 Å². The molecular weight excluding hydrogens is 344 g/mol. The van der Waals surface area contributed by atoms with Crippen LogP contribution in [0.1, 0.15) is 47.1 Å². The molecule has 0 bridgehead atoms. The number of ether oxygens (including phenoxy) is 3. The third-order valence-corrected chi connectivity index (χ3v) is 3.58. The van der Waals surface area contributed by atoms with Gasteiger partial charge in [0.15, 0.2) is 11.5 Å². The van der Waals surface area contributed by atoms with Crippen molar-refractivity contribution in [2.24, 2.45) is 0 Å². The van der Waals surface area contributed by atoms with Crippen molar-refractivity contribution >= 4 is 23.7 Å². The van der Waals surface area contributed by atoms with Crippen LogP contribution >= 0.6 is 0 Å². The molecule has 0 aliphatic heterocycles. The second-order valence-electron chi connectivity index (χ2n) is 6.09. The zero-order valence-electron chi connectivity index (χ0n) is 15.4. The summed E-state index contributed by atoms with van der Waals surface area (Å²) in [5, 5.41) is 0. The molecule has 26 heavy (non-hydrogen) atoms. The van der Waals surface area contributed by atoms with Gasteiger partial charge in [-0.2, -0.15) is 0 Å². The highest BCUT2D eigenvalue weighted by molar-refractivity contribution is 5.87. The summed E-state index contributed by atoms with van der Waals surface area (Å²) in [6, 6.07) is 2.42. The number of ketones is 1. The highest BCUT2D eigenvalue weighted by Crippen LogP contribution is 2.33. The van der Waals surface area contributed by atoms with E-state index >= 15 is 0 Å². The lowest BCUT2D eigenvalue weighted by molar-refractivity contribution is -0.134. The second kappa shape index (κ2) is 7.90. The van der Waals surface area contributed by atoms with Crippen molar-refractivity contribution in [3.63, 3.8) is 0 Å². The number of Topliss-reactive ketones (excluding diaryl/α,β-unsaturated/α-hetero) is 1. The molecule has 140 valence electrons. The monoisotopic (exact) mass is 364 g/mol. The van der Waals surface area contributed by atoms with E-state index in [0.717, 1.165) is 20.8 Å². The molecule has 0 aliphatic carbocycles. The molecule has 0 spiro atoms. The number of rotatable bonds is 5. The van der Waals surface area contributed by atoms with E-state index in [4.69, 9.17) is 14.2 Å². The average Bonchev–Trinajstić information content (AvgIpc) is 2.58. The van der Waals surface area contributed by atoms with Crippen molar-refractivity contribution in [3.05, 3.63) is 27.9 Å². The Morgan fingerprint density at radius 2 is 1.19 bits per heavy atom. The lowest BCUT2D eigenvalue weighted by Crippen LogP contribution is -2.26. The van der Waals surface area contributed by atoms with Gasteiger partial charge in [0, 0.05) is 26.2 Å². The Hall–Kier alpha value is -3.03. The summed E-state index contributed by atoms with van der Waals surface area (Å²) in [6.07, 6.45) is 0.